The molecule has 0 aliphatic rings. The molecule has 2 rings (SSSR count). The van der Waals surface area contributed by atoms with Crippen LogP contribution in [0.3, 0.4) is 0 Å². The van der Waals surface area contributed by atoms with Gasteiger partial charge in [0.05, 0.1) is 17.5 Å². The van der Waals surface area contributed by atoms with Gasteiger partial charge in [0.1, 0.15) is 6.54 Å². The lowest BCUT2D eigenvalue weighted by Gasteiger charge is -2.04. The van der Waals surface area contributed by atoms with E-state index in [4.69, 9.17) is 11.0 Å². The molecule has 92 valence electrons. The van der Waals surface area contributed by atoms with Gasteiger partial charge in [-0.15, -0.1) is 5.10 Å². The Bertz CT molecular complexity index is 538. The normalized spacial score (nSPS) is 10.2. The van der Waals surface area contributed by atoms with E-state index in [1.54, 1.807) is 4.68 Å². The predicted molar refractivity (Wildman–Crippen MR) is 67.4 cm³/mol. The summed E-state index contributed by atoms with van der Waals surface area (Å²) in [6.45, 7) is 0.576. The molecule has 0 saturated heterocycles. The molecule has 5 heteroatoms. The van der Waals surface area contributed by atoms with Crippen molar-refractivity contribution < 1.29 is 0 Å². The molecular weight excluding hydrogens is 226 g/mol. The Balaban J connectivity index is 2.13. The van der Waals surface area contributed by atoms with E-state index in [2.05, 4.69) is 28.5 Å². The van der Waals surface area contributed by atoms with Crippen molar-refractivity contribution in [1.29, 1.82) is 5.26 Å². The lowest BCUT2D eigenvalue weighted by molar-refractivity contribution is 0.632. The maximum absolute atomic E-state index is 8.74. The van der Waals surface area contributed by atoms with Crippen LogP contribution in [-0.2, 0) is 25.9 Å². The van der Waals surface area contributed by atoms with Gasteiger partial charge in [-0.3, -0.25) is 0 Å². The number of aromatic nitrogens is 3. The topological polar surface area (TPSA) is 80.5 Å². The van der Waals surface area contributed by atoms with Gasteiger partial charge in [0.25, 0.3) is 0 Å². The molecule has 0 unspecified atom stereocenters. The monoisotopic (exact) mass is 241 g/mol. The SMILES string of the molecule is N#CCn1nnc(CN)c1CCc1ccccc1. The van der Waals surface area contributed by atoms with Crippen LogP contribution in [-0.4, -0.2) is 15.0 Å². The van der Waals surface area contributed by atoms with Crippen molar-refractivity contribution in [1.82, 2.24) is 15.0 Å². The Labute approximate surface area is 106 Å². The number of hydrogen-bond donors (Lipinski definition) is 1. The standard InChI is InChI=1S/C13H15N5/c14-8-9-18-13(12(10-15)16-17-18)7-6-11-4-2-1-3-5-11/h1-5H,6-7,9-10,15H2. The Morgan fingerprint density at radius 1 is 1.22 bits per heavy atom. The summed E-state index contributed by atoms with van der Waals surface area (Å²) in [7, 11) is 0. The fraction of sp³-hybridized carbons (Fsp3) is 0.308. The van der Waals surface area contributed by atoms with Gasteiger partial charge in [0, 0.05) is 6.54 Å². The lowest BCUT2D eigenvalue weighted by Crippen LogP contribution is -2.08. The zero-order valence-corrected chi connectivity index (χ0v) is 10.1. The van der Waals surface area contributed by atoms with E-state index < -0.39 is 0 Å². The van der Waals surface area contributed by atoms with E-state index in [-0.39, 0.29) is 6.54 Å². The molecule has 0 radical (unpaired) electrons. The molecule has 0 fully saturated rings. The second-order valence-electron chi connectivity index (χ2n) is 3.99. The van der Waals surface area contributed by atoms with Gasteiger partial charge in [-0.1, -0.05) is 35.5 Å². The largest absolute Gasteiger partial charge is 0.325 e. The number of nitrogens with zero attached hydrogens (tertiary/aromatic N) is 4. The average Bonchev–Trinajstić information content (AvgIpc) is 2.80. The number of rotatable bonds is 5. The smallest absolute Gasteiger partial charge is 0.130 e. The molecule has 0 bridgehead atoms. The summed E-state index contributed by atoms with van der Waals surface area (Å²) in [4.78, 5) is 0. The van der Waals surface area contributed by atoms with Crippen molar-refractivity contribution in [3.63, 3.8) is 0 Å². The third-order valence-corrected chi connectivity index (χ3v) is 2.83. The number of aryl methyl sites for hydroxylation is 1. The van der Waals surface area contributed by atoms with Crippen molar-refractivity contribution in [3.05, 3.63) is 47.3 Å². The van der Waals surface area contributed by atoms with Crippen molar-refractivity contribution in [2.75, 3.05) is 0 Å². The zero-order chi connectivity index (χ0) is 12.8. The second-order valence-corrected chi connectivity index (χ2v) is 3.99. The summed E-state index contributed by atoms with van der Waals surface area (Å²) in [6.07, 6.45) is 1.69. The number of nitriles is 1. The van der Waals surface area contributed by atoms with E-state index in [9.17, 15) is 0 Å². The third-order valence-electron chi connectivity index (χ3n) is 2.83. The van der Waals surface area contributed by atoms with Gasteiger partial charge >= 0.3 is 0 Å². The van der Waals surface area contributed by atoms with Gasteiger partial charge in [-0.05, 0) is 18.4 Å². The lowest BCUT2D eigenvalue weighted by atomic mass is 10.1. The summed E-state index contributed by atoms with van der Waals surface area (Å²) in [5, 5.41) is 16.7. The number of benzene rings is 1. The van der Waals surface area contributed by atoms with Crippen LogP contribution in [0.5, 0.6) is 0 Å². The molecule has 0 saturated carbocycles. The molecule has 0 atom stereocenters. The predicted octanol–water partition coefficient (Wildman–Crippen LogP) is 1.05. The summed E-state index contributed by atoms with van der Waals surface area (Å²) in [5.74, 6) is 0. The molecule has 1 aromatic heterocycles. The first-order valence-electron chi connectivity index (χ1n) is 5.87. The fourth-order valence-electron chi connectivity index (χ4n) is 1.90. The van der Waals surface area contributed by atoms with Crippen molar-refractivity contribution in [2.45, 2.75) is 25.9 Å². The molecule has 5 nitrogen and oxygen atoms in total. The number of nitrogens with two attached hydrogens (primary N) is 1. The Morgan fingerprint density at radius 2 is 2.00 bits per heavy atom. The maximum Gasteiger partial charge on any atom is 0.130 e. The van der Waals surface area contributed by atoms with Crippen LogP contribution in [0.4, 0.5) is 0 Å². The second kappa shape index (κ2) is 5.94. The fourth-order valence-corrected chi connectivity index (χ4v) is 1.90. The van der Waals surface area contributed by atoms with Crippen LogP contribution in [0, 0.1) is 11.3 Å². The van der Waals surface area contributed by atoms with Crippen LogP contribution < -0.4 is 5.73 Å². The summed E-state index contributed by atoms with van der Waals surface area (Å²) >= 11 is 0. The van der Waals surface area contributed by atoms with Gasteiger partial charge in [-0.25, -0.2) is 4.68 Å². The van der Waals surface area contributed by atoms with Crippen LogP contribution in [0.25, 0.3) is 0 Å². The maximum atomic E-state index is 8.74. The molecule has 2 aromatic rings. The van der Waals surface area contributed by atoms with Crippen molar-refractivity contribution in [2.24, 2.45) is 5.73 Å². The minimum absolute atomic E-state index is 0.219. The van der Waals surface area contributed by atoms with E-state index in [0.29, 0.717) is 6.54 Å². The minimum Gasteiger partial charge on any atom is -0.325 e. The summed E-state index contributed by atoms with van der Waals surface area (Å²) in [5.41, 5.74) is 8.63. The Hall–Kier alpha value is -2.19. The van der Waals surface area contributed by atoms with E-state index in [0.717, 1.165) is 24.2 Å². The van der Waals surface area contributed by atoms with Crippen molar-refractivity contribution >= 4 is 0 Å². The molecule has 1 heterocycles. The van der Waals surface area contributed by atoms with Crippen LogP contribution >= 0.6 is 0 Å². The Morgan fingerprint density at radius 3 is 2.67 bits per heavy atom. The van der Waals surface area contributed by atoms with E-state index in [1.807, 2.05) is 18.2 Å². The molecule has 0 spiro atoms. The Kier molecular flexibility index (Phi) is 4.05. The molecule has 2 N–H and O–H groups in total. The van der Waals surface area contributed by atoms with Gasteiger partial charge in [0.15, 0.2) is 0 Å². The van der Waals surface area contributed by atoms with Gasteiger partial charge in [-0.2, -0.15) is 5.26 Å². The summed E-state index contributed by atoms with van der Waals surface area (Å²) in [6, 6.07) is 12.3. The number of hydrogen-bond acceptors (Lipinski definition) is 4. The molecule has 0 amide bonds. The van der Waals surface area contributed by atoms with Crippen molar-refractivity contribution in [3.8, 4) is 6.07 Å². The first-order valence-corrected chi connectivity index (χ1v) is 5.87. The molecular formula is C13H15N5. The van der Waals surface area contributed by atoms with E-state index >= 15 is 0 Å². The molecule has 0 aliphatic carbocycles. The quantitative estimate of drug-likeness (QED) is 0.848. The van der Waals surface area contributed by atoms with Gasteiger partial charge < -0.3 is 5.73 Å². The highest BCUT2D eigenvalue weighted by Gasteiger charge is 2.11. The highest BCUT2D eigenvalue weighted by molar-refractivity contribution is 5.18. The highest BCUT2D eigenvalue weighted by Crippen LogP contribution is 2.10. The molecule has 1 aromatic carbocycles. The van der Waals surface area contributed by atoms with Gasteiger partial charge in [0.2, 0.25) is 0 Å². The average molecular weight is 241 g/mol. The molecule has 0 aliphatic heterocycles. The first-order chi connectivity index (χ1) is 8.85. The molecule has 18 heavy (non-hydrogen) atoms. The van der Waals surface area contributed by atoms with Crippen LogP contribution in [0.15, 0.2) is 30.3 Å². The highest BCUT2D eigenvalue weighted by atomic mass is 15.4. The minimum atomic E-state index is 0.219. The zero-order valence-electron chi connectivity index (χ0n) is 10.1. The first kappa shape index (κ1) is 12.3. The van der Waals surface area contributed by atoms with Crippen LogP contribution in [0.1, 0.15) is 17.0 Å². The summed E-state index contributed by atoms with van der Waals surface area (Å²) < 4.78 is 1.63. The third kappa shape index (κ3) is 2.73. The van der Waals surface area contributed by atoms with E-state index in [1.165, 1.54) is 5.56 Å². The van der Waals surface area contributed by atoms with Crippen LogP contribution in [0.2, 0.25) is 0 Å².